The summed E-state index contributed by atoms with van der Waals surface area (Å²) in [7, 11) is 0. The molecular weight excluding hydrogens is 292 g/mol. The van der Waals surface area contributed by atoms with Gasteiger partial charge in [0.2, 0.25) is 5.91 Å². The first-order valence-corrected chi connectivity index (χ1v) is 6.17. The Morgan fingerprint density at radius 1 is 1.38 bits per heavy atom. The third-order valence-electron chi connectivity index (χ3n) is 2.66. The second-order valence-corrected chi connectivity index (χ2v) is 4.56. The summed E-state index contributed by atoms with van der Waals surface area (Å²) in [6.07, 6.45) is -4.47. The summed E-state index contributed by atoms with van der Waals surface area (Å²) < 4.78 is 50.0. The normalized spacial score (nSPS) is 11.8. The topological polar surface area (TPSA) is 52.6 Å². The molecule has 4 nitrogen and oxygen atoms in total. The maximum absolute atomic E-state index is 13.1. The van der Waals surface area contributed by atoms with E-state index in [-0.39, 0.29) is 12.2 Å². The molecule has 8 heteroatoms. The van der Waals surface area contributed by atoms with Crippen molar-refractivity contribution in [3.05, 3.63) is 29.6 Å². The van der Waals surface area contributed by atoms with E-state index in [0.29, 0.717) is 5.56 Å². The highest BCUT2D eigenvalue weighted by Gasteiger charge is 2.31. The van der Waals surface area contributed by atoms with Gasteiger partial charge in [0.05, 0.1) is 19.7 Å². The molecule has 118 valence electrons. The first-order valence-electron chi connectivity index (χ1n) is 6.17. The Morgan fingerprint density at radius 2 is 2.05 bits per heavy atom. The van der Waals surface area contributed by atoms with E-state index in [1.807, 2.05) is 0 Å². The Balaban J connectivity index is 2.67. The molecule has 0 aliphatic rings. The molecule has 1 rings (SSSR count). The zero-order valence-corrected chi connectivity index (χ0v) is 11.4. The molecule has 0 aliphatic heterocycles. The molecule has 0 aromatic heterocycles. The van der Waals surface area contributed by atoms with Crippen LogP contribution >= 0.6 is 0 Å². The van der Waals surface area contributed by atoms with Gasteiger partial charge in [-0.2, -0.15) is 13.2 Å². The van der Waals surface area contributed by atoms with E-state index in [4.69, 9.17) is 5.11 Å². The second kappa shape index (κ2) is 7.37. The quantitative estimate of drug-likeness (QED) is 0.790. The number of amides is 1. The molecule has 0 unspecified atom stereocenters. The van der Waals surface area contributed by atoms with Crippen LogP contribution in [0.3, 0.4) is 0 Å². The van der Waals surface area contributed by atoms with Gasteiger partial charge in [-0.15, -0.1) is 0 Å². The number of alkyl halides is 3. The number of carbonyl (C=O) groups excluding carboxylic acids is 1. The molecule has 0 spiro atoms. The molecule has 1 aromatic carbocycles. The summed E-state index contributed by atoms with van der Waals surface area (Å²) in [4.78, 5) is 12.5. The largest absolute Gasteiger partial charge is 0.401 e. The van der Waals surface area contributed by atoms with E-state index < -0.39 is 37.6 Å². The molecule has 0 heterocycles. The second-order valence-electron chi connectivity index (χ2n) is 4.56. The predicted octanol–water partition coefficient (Wildman–Crippen LogP) is 1.93. The molecule has 0 radical (unpaired) electrons. The van der Waals surface area contributed by atoms with Crippen molar-refractivity contribution in [1.29, 1.82) is 0 Å². The number of carbonyl (C=O) groups is 1. The zero-order chi connectivity index (χ0) is 16.0. The Hall–Kier alpha value is -1.67. The Labute approximate surface area is 119 Å². The number of nitrogens with zero attached hydrogens (tertiary/aromatic N) is 1. The SMILES string of the molecule is Cc1ccc(F)cc1NC(=O)CN(CCO)CC(F)(F)F. The summed E-state index contributed by atoms with van der Waals surface area (Å²) in [6, 6.07) is 3.76. The van der Waals surface area contributed by atoms with Crippen LogP contribution < -0.4 is 5.32 Å². The lowest BCUT2D eigenvalue weighted by Gasteiger charge is -2.22. The van der Waals surface area contributed by atoms with Gasteiger partial charge in [0.15, 0.2) is 0 Å². The van der Waals surface area contributed by atoms with Gasteiger partial charge in [-0.05, 0) is 24.6 Å². The summed E-state index contributed by atoms with van der Waals surface area (Å²) in [5.74, 6) is -1.26. The lowest BCUT2D eigenvalue weighted by atomic mass is 10.2. The number of rotatable bonds is 6. The smallest absolute Gasteiger partial charge is 0.395 e. The van der Waals surface area contributed by atoms with E-state index in [1.165, 1.54) is 12.1 Å². The molecule has 1 aromatic rings. The third kappa shape index (κ3) is 6.54. The van der Waals surface area contributed by atoms with Crippen LogP contribution in [0.1, 0.15) is 5.56 Å². The van der Waals surface area contributed by atoms with Gasteiger partial charge in [0.1, 0.15) is 5.82 Å². The number of aliphatic hydroxyl groups is 1. The number of benzene rings is 1. The molecule has 2 N–H and O–H groups in total. The third-order valence-corrected chi connectivity index (χ3v) is 2.66. The molecule has 0 aliphatic carbocycles. The highest BCUT2D eigenvalue weighted by molar-refractivity contribution is 5.92. The van der Waals surface area contributed by atoms with Crippen LogP contribution in [0.2, 0.25) is 0 Å². The van der Waals surface area contributed by atoms with Gasteiger partial charge in [0.25, 0.3) is 0 Å². The van der Waals surface area contributed by atoms with Crippen molar-refractivity contribution in [2.45, 2.75) is 13.1 Å². The molecule has 1 amide bonds. The van der Waals surface area contributed by atoms with E-state index in [0.717, 1.165) is 11.0 Å². The fraction of sp³-hybridized carbons (Fsp3) is 0.462. The number of nitrogens with one attached hydrogen (secondary N) is 1. The highest BCUT2D eigenvalue weighted by Crippen LogP contribution is 2.18. The van der Waals surface area contributed by atoms with Crippen molar-refractivity contribution < 1.29 is 27.5 Å². The van der Waals surface area contributed by atoms with Gasteiger partial charge >= 0.3 is 6.18 Å². The monoisotopic (exact) mass is 308 g/mol. The van der Waals surface area contributed by atoms with Crippen molar-refractivity contribution in [1.82, 2.24) is 4.90 Å². The van der Waals surface area contributed by atoms with Crippen molar-refractivity contribution in [2.75, 3.05) is 31.6 Å². The van der Waals surface area contributed by atoms with Crippen molar-refractivity contribution in [3.8, 4) is 0 Å². The van der Waals surface area contributed by atoms with Crippen LogP contribution in [0.5, 0.6) is 0 Å². The molecule has 0 bridgehead atoms. The van der Waals surface area contributed by atoms with Gasteiger partial charge in [0, 0.05) is 12.2 Å². The lowest BCUT2D eigenvalue weighted by Crippen LogP contribution is -2.41. The van der Waals surface area contributed by atoms with Crippen molar-refractivity contribution >= 4 is 11.6 Å². The van der Waals surface area contributed by atoms with Crippen molar-refractivity contribution in [2.24, 2.45) is 0 Å². The number of aryl methyl sites for hydroxylation is 1. The van der Waals surface area contributed by atoms with E-state index in [2.05, 4.69) is 5.32 Å². The van der Waals surface area contributed by atoms with Crippen LogP contribution in [0, 0.1) is 12.7 Å². The number of hydrogen-bond donors (Lipinski definition) is 2. The Bertz CT molecular complexity index is 492. The fourth-order valence-corrected chi connectivity index (χ4v) is 1.73. The number of aliphatic hydroxyl groups excluding tert-OH is 1. The number of hydrogen-bond acceptors (Lipinski definition) is 3. The first-order chi connectivity index (χ1) is 9.71. The zero-order valence-electron chi connectivity index (χ0n) is 11.4. The minimum absolute atomic E-state index is 0.205. The summed E-state index contributed by atoms with van der Waals surface area (Å²) in [5.41, 5.74) is 0.797. The van der Waals surface area contributed by atoms with Gasteiger partial charge < -0.3 is 10.4 Å². The van der Waals surface area contributed by atoms with Crippen LogP contribution in [-0.2, 0) is 4.79 Å². The maximum Gasteiger partial charge on any atom is 0.401 e. The van der Waals surface area contributed by atoms with Gasteiger partial charge in [-0.1, -0.05) is 6.07 Å². The maximum atomic E-state index is 13.1. The predicted molar refractivity (Wildman–Crippen MR) is 69.3 cm³/mol. The molecule has 0 saturated carbocycles. The summed E-state index contributed by atoms with van der Waals surface area (Å²) >= 11 is 0. The van der Waals surface area contributed by atoms with Crippen LogP contribution in [0.4, 0.5) is 23.2 Å². The van der Waals surface area contributed by atoms with Crippen LogP contribution in [0.15, 0.2) is 18.2 Å². The minimum Gasteiger partial charge on any atom is -0.395 e. The summed E-state index contributed by atoms with van der Waals surface area (Å²) in [6.45, 7) is -0.993. The van der Waals surface area contributed by atoms with Crippen LogP contribution in [-0.4, -0.2) is 48.3 Å². The lowest BCUT2D eigenvalue weighted by molar-refractivity contribution is -0.148. The minimum atomic E-state index is -4.47. The number of anilines is 1. The van der Waals surface area contributed by atoms with Crippen LogP contribution in [0.25, 0.3) is 0 Å². The Morgan fingerprint density at radius 3 is 2.62 bits per heavy atom. The fourth-order valence-electron chi connectivity index (χ4n) is 1.73. The molecule has 0 atom stereocenters. The molecule has 0 fully saturated rings. The standard InChI is InChI=1S/C13H16F4N2O2/c1-9-2-3-10(14)6-11(9)18-12(21)7-19(4-5-20)8-13(15,16)17/h2-3,6,20H,4-5,7-8H2,1H3,(H,18,21). The van der Waals surface area contributed by atoms with E-state index in [9.17, 15) is 22.4 Å². The summed E-state index contributed by atoms with van der Waals surface area (Å²) in [5, 5.41) is 11.1. The first kappa shape index (κ1) is 17.4. The highest BCUT2D eigenvalue weighted by atomic mass is 19.4. The molecule has 21 heavy (non-hydrogen) atoms. The van der Waals surface area contributed by atoms with Crippen molar-refractivity contribution in [3.63, 3.8) is 0 Å². The van der Waals surface area contributed by atoms with Gasteiger partial charge in [-0.25, -0.2) is 4.39 Å². The van der Waals surface area contributed by atoms with E-state index >= 15 is 0 Å². The van der Waals surface area contributed by atoms with E-state index in [1.54, 1.807) is 6.92 Å². The molecule has 0 saturated heterocycles. The number of halogens is 4. The molecular formula is C13H16F4N2O2. The average molecular weight is 308 g/mol. The van der Waals surface area contributed by atoms with Gasteiger partial charge in [-0.3, -0.25) is 9.69 Å². The average Bonchev–Trinajstić information content (AvgIpc) is 2.32. The Kier molecular flexibility index (Phi) is 6.10.